The van der Waals surface area contributed by atoms with Crippen molar-refractivity contribution < 1.29 is 8.42 Å². The molecule has 0 aromatic carbocycles. The first-order valence-corrected chi connectivity index (χ1v) is 13.1. The van der Waals surface area contributed by atoms with E-state index in [0.29, 0.717) is 25.7 Å². The molecule has 0 aliphatic carbocycles. The van der Waals surface area contributed by atoms with E-state index in [9.17, 15) is 8.42 Å². The monoisotopic (exact) mass is 419 g/mol. The molecule has 158 valence electrons. The van der Waals surface area contributed by atoms with Gasteiger partial charge in [0.1, 0.15) is 0 Å². The smallest absolute Gasteiger partial charge is 0.215 e. The van der Waals surface area contributed by atoms with Crippen LogP contribution in [0, 0.1) is 0 Å². The number of hydrogen-bond acceptors (Lipinski definition) is 5. The highest BCUT2D eigenvalue weighted by Crippen LogP contribution is 2.13. The molecule has 2 N–H and O–H groups in total. The van der Waals surface area contributed by atoms with Crippen molar-refractivity contribution >= 4 is 27.7 Å². The van der Waals surface area contributed by atoms with E-state index in [2.05, 4.69) is 27.4 Å². The minimum atomic E-state index is -3.19. The van der Waals surface area contributed by atoms with E-state index >= 15 is 0 Å². The van der Waals surface area contributed by atoms with E-state index < -0.39 is 10.0 Å². The van der Waals surface area contributed by atoms with E-state index in [4.69, 9.17) is 0 Å². The molecule has 0 saturated carbocycles. The molecule has 2 aliphatic rings. The van der Waals surface area contributed by atoms with Crippen LogP contribution >= 0.6 is 11.8 Å². The molecular weight excluding hydrogens is 382 g/mol. The second-order valence-corrected chi connectivity index (χ2v) is 10.5. The van der Waals surface area contributed by atoms with Gasteiger partial charge in [-0.2, -0.15) is 11.8 Å². The predicted molar refractivity (Wildman–Crippen MR) is 116 cm³/mol. The van der Waals surface area contributed by atoms with E-state index in [1.165, 1.54) is 19.4 Å². The fourth-order valence-electron chi connectivity index (χ4n) is 3.42. The molecule has 0 unspecified atom stereocenters. The van der Waals surface area contributed by atoms with Gasteiger partial charge in [0, 0.05) is 50.3 Å². The maximum atomic E-state index is 12.4. The number of nitrogens with one attached hydrogen (secondary N) is 2. The Hall–Kier alpha value is -0.510. The molecule has 0 aromatic heterocycles. The topological polar surface area (TPSA) is 77.0 Å². The van der Waals surface area contributed by atoms with Gasteiger partial charge in [-0.3, -0.25) is 4.99 Å². The van der Waals surface area contributed by atoms with Crippen LogP contribution in [-0.4, -0.2) is 92.7 Å². The van der Waals surface area contributed by atoms with Gasteiger partial charge in [-0.1, -0.05) is 13.3 Å². The lowest BCUT2D eigenvalue weighted by Gasteiger charge is -2.33. The Morgan fingerprint density at radius 2 is 1.85 bits per heavy atom. The van der Waals surface area contributed by atoms with Crippen molar-refractivity contribution in [3.05, 3.63) is 0 Å². The summed E-state index contributed by atoms with van der Waals surface area (Å²) < 4.78 is 26.5. The van der Waals surface area contributed by atoms with Crippen molar-refractivity contribution in [3.63, 3.8) is 0 Å². The zero-order valence-corrected chi connectivity index (χ0v) is 18.6. The number of rotatable bonds is 9. The molecule has 0 bridgehead atoms. The number of likely N-dealkylation sites (tertiary alicyclic amines) is 1. The van der Waals surface area contributed by atoms with Crippen LogP contribution in [0.3, 0.4) is 0 Å². The highest BCUT2D eigenvalue weighted by atomic mass is 32.2. The van der Waals surface area contributed by atoms with Crippen LogP contribution in [0.25, 0.3) is 0 Å². The van der Waals surface area contributed by atoms with Crippen LogP contribution in [0.1, 0.15) is 39.5 Å². The second kappa shape index (κ2) is 12.1. The van der Waals surface area contributed by atoms with Crippen LogP contribution in [0.4, 0.5) is 0 Å². The zero-order chi connectivity index (χ0) is 19.5. The summed E-state index contributed by atoms with van der Waals surface area (Å²) in [4.78, 5) is 7.06. The fraction of sp³-hybridized carbons (Fsp3) is 0.944. The largest absolute Gasteiger partial charge is 0.357 e. The number of piperidine rings is 1. The van der Waals surface area contributed by atoms with Crippen molar-refractivity contribution in [2.24, 2.45) is 4.99 Å². The third kappa shape index (κ3) is 8.17. The number of unbranched alkanes of at least 4 members (excludes halogenated alkanes) is 1. The molecule has 2 aliphatic heterocycles. The molecule has 0 aromatic rings. The lowest BCUT2D eigenvalue weighted by molar-refractivity contribution is 0.203. The first kappa shape index (κ1) is 22.8. The Bertz CT molecular complexity index is 542. The molecule has 2 rings (SSSR count). The van der Waals surface area contributed by atoms with Gasteiger partial charge in [0.2, 0.25) is 10.0 Å². The second-order valence-electron chi connectivity index (χ2n) is 7.20. The van der Waals surface area contributed by atoms with Crippen LogP contribution in [0.2, 0.25) is 0 Å². The van der Waals surface area contributed by atoms with Crippen LogP contribution in [0.5, 0.6) is 0 Å². The average Bonchev–Trinajstić information content (AvgIpc) is 2.68. The summed E-state index contributed by atoms with van der Waals surface area (Å²) in [6.45, 7) is 10.1. The van der Waals surface area contributed by atoms with Crippen molar-refractivity contribution in [2.75, 3.05) is 63.1 Å². The highest BCUT2D eigenvalue weighted by Gasteiger charge is 2.24. The van der Waals surface area contributed by atoms with Gasteiger partial charge in [-0.05, 0) is 32.7 Å². The first-order valence-electron chi connectivity index (χ1n) is 10.4. The SMILES string of the molecule is CCCCN1CCC(NC(=NCCS(=O)(=O)N2CCSCC2)NCC)CC1. The molecule has 0 amide bonds. The van der Waals surface area contributed by atoms with Gasteiger partial charge in [-0.15, -0.1) is 0 Å². The molecule has 2 heterocycles. The lowest BCUT2D eigenvalue weighted by Crippen LogP contribution is -2.49. The number of thioether (sulfide) groups is 1. The maximum absolute atomic E-state index is 12.4. The van der Waals surface area contributed by atoms with Crippen LogP contribution < -0.4 is 10.6 Å². The fourth-order valence-corrected chi connectivity index (χ4v) is 5.88. The summed E-state index contributed by atoms with van der Waals surface area (Å²) in [6.07, 6.45) is 4.73. The molecule has 0 spiro atoms. The summed E-state index contributed by atoms with van der Waals surface area (Å²) in [6, 6.07) is 0.413. The van der Waals surface area contributed by atoms with E-state index in [0.717, 1.165) is 49.9 Å². The number of guanidine groups is 1. The number of aliphatic imine (C=N–C) groups is 1. The molecule has 0 atom stereocenters. The maximum Gasteiger partial charge on any atom is 0.215 e. The Balaban J connectivity index is 1.78. The molecular formula is C18H37N5O2S2. The van der Waals surface area contributed by atoms with Crippen molar-refractivity contribution in [2.45, 2.75) is 45.6 Å². The van der Waals surface area contributed by atoms with E-state index in [1.807, 2.05) is 18.7 Å². The normalized spacial score (nSPS) is 21.3. The molecule has 9 heteroatoms. The standard InChI is InChI=1S/C18H37N5O2S2/c1-3-5-9-22-10-6-17(7-11-22)21-18(19-4-2)20-8-16-27(24,25)23-12-14-26-15-13-23/h17H,3-16H2,1-2H3,(H2,19,20,21). The van der Waals surface area contributed by atoms with Gasteiger partial charge in [0.15, 0.2) is 5.96 Å². The molecule has 27 heavy (non-hydrogen) atoms. The molecule has 2 fully saturated rings. The van der Waals surface area contributed by atoms with Crippen LogP contribution in [-0.2, 0) is 10.0 Å². The molecule has 7 nitrogen and oxygen atoms in total. The van der Waals surface area contributed by atoms with E-state index in [-0.39, 0.29) is 5.75 Å². The third-order valence-electron chi connectivity index (χ3n) is 5.08. The lowest BCUT2D eigenvalue weighted by atomic mass is 10.0. The van der Waals surface area contributed by atoms with E-state index in [1.54, 1.807) is 4.31 Å². The van der Waals surface area contributed by atoms with Gasteiger partial charge < -0.3 is 15.5 Å². The third-order valence-corrected chi connectivity index (χ3v) is 7.88. The molecule has 2 saturated heterocycles. The quantitative estimate of drug-likeness (QED) is 0.432. The van der Waals surface area contributed by atoms with Crippen LogP contribution in [0.15, 0.2) is 4.99 Å². The summed E-state index contributed by atoms with van der Waals surface area (Å²) in [5, 5.41) is 6.75. The summed E-state index contributed by atoms with van der Waals surface area (Å²) in [5.74, 6) is 2.62. The number of sulfonamides is 1. The van der Waals surface area contributed by atoms with Gasteiger partial charge in [0.05, 0.1) is 12.3 Å². The van der Waals surface area contributed by atoms with Crippen molar-refractivity contribution in [1.82, 2.24) is 19.8 Å². The van der Waals surface area contributed by atoms with Gasteiger partial charge >= 0.3 is 0 Å². The Morgan fingerprint density at radius 3 is 2.48 bits per heavy atom. The summed E-state index contributed by atoms with van der Waals surface area (Å²) in [5.41, 5.74) is 0. The van der Waals surface area contributed by atoms with Crippen molar-refractivity contribution in [3.8, 4) is 0 Å². The Morgan fingerprint density at radius 1 is 1.15 bits per heavy atom. The minimum Gasteiger partial charge on any atom is -0.357 e. The Labute approximate surface area is 169 Å². The first-order chi connectivity index (χ1) is 13.0. The van der Waals surface area contributed by atoms with Crippen molar-refractivity contribution in [1.29, 1.82) is 0 Å². The number of nitrogens with zero attached hydrogens (tertiary/aromatic N) is 3. The minimum absolute atomic E-state index is 0.0870. The highest BCUT2D eigenvalue weighted by molar-refractivity contribution is 7.99. The summed E-state index contributed by atoms with van der Waals surface area (Å²) >= 11 is 1.82. The zero-order valence-electron chi connectivity index (χ0n) is 17.0. The van der Waals surface area contributed by atoms with Gasteiger partial charge in [0.25, 0.3) is 0 Å². The van der Waals surface area contributed by atoms with Gasteiger partial charge in [-0.25, -0.2) is 12.7 Å². The summed E-state index contributed by atoms with van der Waals surface area (Å²) in [7, 11) is -3.19. The predicted octanol–water partition coefficient (Wildman–Crippen LogP) is 1.18. The average molecular weight is 420 g/mol. The molecule has 0 radical (unpaired) electrons. The number of hydrogen-bond donors (Lipinski definition) is 2. The Kier molecular flexibility index (Phi) is 10.2.